The molecule has 1 heterocycles. The van der Waals surface area contributed by atoms with E-state index in [1.165, 1.54) is 42.6 Å². The van der Waals surface area contributed by atoms with Gasteiger partial charge in [-0.3, -0.25) is 19.2 Å². The van der Waals surface area contributed by atoms with E-state index < -0.39 is 11.8 Å². The van der Waals surface area contributed by atoms with Gasteiger partial charge in [-0.25, -0.2) is 10.0 Å². The van der Waals surface area contributed by atoms with Gasteiger partial charge in [-0.05, 0) is 17.7 Å². The number of amides is 2. The number of carbonyl (C=O) groups excluding carboxylic acids is 4. The van der Waals surface area contributed by atoms with Crippen LogP contribution >= 0.6 is 23.5 Å². The summed E-state index contributed by atoms with van der Waals surface area (Å²) in [6, 6.07) is 0. The van der Waals surface area contributed by atoms with E-state index in [9.17, 15) is 19.2 Å². The van der Waals surface area contributed by atoms with Gasteiger partial charge in [-0.1, -0.05) is 6.92 Å². The Bertz CT molecular complexity index is 517. The molecule has 0 bridgehead atoms. The fourth-order valence-electron chi connectivity index (χ4n) is 1.56. The second-order valence-corrected chi connectivity index (χ2v) is 6.60. The SMILES string of the molecule is CCC(=O)CN1C(=O)/C=C/SCS/C=C/C(=O)N1CC(C)=O. The monoisotopic (exact) mass is 342 g/mol. The number of thioether (sulfide) groups is 2. The van der Waals surface area contributed by atoms with Crippen LogP contribution in [0.25, 0.3) is 0 Å². The van der Waals surface area contributed by atoms with Gasteiger partial charge in [0.15, 0.2) is 11.6 Å². The lowest BCUT2D eigenvalue weighted by Crippen LogP contribution is -2.52. The largest absolute Gasteiger partial charge is 0.298 e. The minimum Gasteiger partial charge on any atom is -0.298 e. The van der Waals surface area contributed by atoms with Crippen LogP contribution in [0, 0.1) is 0 Å². The highest BCUT2D eigenvalue weighted by Gasteiger charge is 2.26. The highest BCUT2D eigenvalue weighted by Crippen LogP contribution is 2.16. The molecule has 8 heteroatoms. The molecule has 0 fully saturated rings. The molecule has 0 spiro atoms. The zero-order valence-corrected chi connectivity index (χ0v) is 14.1. The van der Waals surface area contributed by atoms with E-state index in [0.29, 0.717) is 5.08 Å². The Labute approximate surface area is 137 Å². The Kier molecular flexibility index (Phi) is 7.97. The van der Waals surface area contributed by atoms with E-state index >= 15 is 0 Å². The maximum Gasteiger partial charge on any atom is 0.266 e. The maximum absolute atomic E-state index is 12.3. The number of carbonyl (C=O) groups is 4. The lowest BCUT2D eigenvalue weighted by atomic mass is 10.3. The van der Waals surface area contributed by atoms with Crippen molar-refractivity contribution in [2.24, 2.45) is 0 Å². The minimum atomic E-state index is -0.500. The quantitative estimate of drug-likeness (QED) is 0.755. The topological polar surface area (TPSA) is 74.8 Å². The number of hydrazine groups is 1. The summed E-state index contributed by atoms with van der Waals surface area (Å²) in [5.74, 6) is -1.46. The Balaban J connectivity index is 3.15. The molecule has 0 unspecified atom stereocenters. The van der Waals surface area contributed by atoms with E-state index in [2.05, 4.69) is 0 Å². The standard InChI is InChI=1S/C14H18N2O4S2/c1-3-12(18)9-16-14(20)5-7-22-10-21-6-4-13(19)15(16)8-11(2)17/h4-7H,3,8-10H2,1-2H3/b6-4+,7-5+. The van der Waals surface area contributed by atoms with Crippen molar-refractivity contribution < 1.29 is 19.2 Å². The van der Waals surface area contributed by atoms with Gasteiger partial charge in [0, 0.05) is 23.7 Å². The second-order valence-electron chi connectivity index (χ2n) is 4.44. The summed E-state index contributed by atoms with van der Waals surface area (Å²) >= 11 is 2.82. The van der Waals surface area contributed by atoms with Gasteiger partial charge in [0.2, 0.25) is 0 Å². The normalized spacial score (nSPS) is 19.5. The molecule has 6 nitrogen and oxygen atoms in total. The average molecular weight is 342 g/mol. The maximum atomic E-state index is 12.3. The predicted molar refractivity (Wildman–Crippen MR) is 87.7 cm³/mol. The molecule has 1 aliphatic heterocycles. The molecule has 0 aromatic heterocycles. The molecule has 0 N–H and O–H groups in total. The van der Waals surface area contributed by atoms with E-state index in [-0.39, 0.29) is 31.1 Å². The molecule has 120 valence electrons. The first-order chi connectivity index (χ1) is 10.5. The molecule has 0 aromatic carbocycles. The number of nitrogens with zero attached hydrogens (tertiary/aromatic N) is 2. The zero-order chi connectivity index (χ0) is 16.5. The van der Waals surface area contributed by atoms with Crippen molar-refractivity contribution in [1.29, 1.82) is 0 Å². The first kappa shape index (κ1) is 18.5. The van der Waals surface area contributed by atoms with Crippen molar-refractivity contribution in [3.63, 3.8) is 0 Å². The fourth-order valence-corrected chi connectivity index (χ4v) is 2.92. The van der Waals surface area contributed by atoms with E-state index in [4.69, 9.17) is 0 Å². The number of Topliss-reactive ketones (excluding diaryl/α,β-unsaturated/α-hetero) is 2. The Morgan fingerprint density at radius 3 is 2.00 bits per heavy atom. The summed E-state index contributed by atoms with van der Waals surface area (Å²) in [4.78, 5) is 47.6. The minimum absolute atomic E-state index is 0.191. The third-order valence-electron chi connectivity index (χ3n) is 2.64. The van der Waals surface area contributed by atoms with Crippen LogP contribution in [0.4, 0.5) is 0 Å². The highest BCUT2D eigenvalue weighted by atomic mass is 32.2. The van der Waals surface area contributed by atoms with E-state index in [1.54, 1.807) is 17.7 Å². The van der Waals surface area contributed by atoms with Gasteiger partial charge in [0.05, 0.1) is 0 Å². The zero-order valence-electron chi connectivity index (χ0n) is 12.5. The molecule has 1 rings (SSSR count). The summed E-state index contributed by atoms with van der Waals surface area (Å²) in [5, 5.41) is 5.96. The van der Waals surface area contributed by atoms with Gasteiger partial charge in [0.1, 0.15) is 13.1 Å². The number of hydrogen-bond donors (Lipinski definition) is 0. The predicted octanol–water partition coefficient (Wildman–Crippen LogP) is 1.59. The highest BCUT2D eigenvalue weighted by molar-refractivity contribution is 8.18. The summed E-state index contributed by atoms with van der Waals surface area (Å²) in [5.41, 5.74) is 0. The molecule has 0 atom stereocenters. The van der Waals surface area contributed by atoms with E-state index in [1.807, 2.05) is 0 Å². The number of ketones is 2. The summed E-state index contributed by atoms with van der Waals surface area (Å²) in [6.45, 7) is 2.52. The van der Waals surface area contributed by atoms with Gasteiger partial charge >= 0.3 is 0 Å². The van der Waals surface area contributed by atoms with Crippen LogP contribution in [-0.4, -0.2) is 51.6 Å². The molecule has 2 amide bonds. The number of rotatable bonds is 5. The second kappa shape index (κ2) is 9.47. The van der Waals surface area contributed by atoms with Gasteiger partial charge in [-0.15, -0.1) is 23.5 Å². The summed E-state index contributed by atoms with van der Waals surface area (Å²) < 4.78 is 0. The molecule has 0 saturated heterocycles. The van der Waals surface area contributed by atoms with Crippen molar-refractivity contribution >= 4 is 46.9 Å². The van der Waals surface area contributed by atoms with Crippen LogP contribution < -0.4 is 0 Å². The van der Waals surface area contributed by atoms with Crippen molar-refractivity contribution in [2.75, 3.05) is 18.2 Å². The molecule has 0 aromatic rings. The first-order valence-electron chi connectivity index (χ1n) is 6.66. The van der Waals surface area contributed by atoms with Crippen molar-refractivity contribution in [1.82, 2.24) is 10.0 Å². The van der Waals surface area contributed by atoms with Gasteiger partial charge < -0.3 is 0 Å². The van der Waals surface area contributed by atoms with Crippen LogP contribution in [0.5, 0.6) is 0 Å². The third kappa shape index (κ3) is 6.07. The van der Waals surface area contributed by atoms with Crippen LogP contribution in [0.3, 0.4) is 0 Å². The molecule has 0 aliphatic carbocycles. The first-order valence-corrected chi connectivity index (χ1v) is 8.75. The van der Waals surface area contributed by atoms with Gasteiger partial charge in [-0.2, -0.15) is 0 Å². The molecule has 1 aliphatic rings. The fraction of sp³-hybridized carbons (Fsp3) is 0.429. The average Bonchev–Trinajstić information content (AvgIpc) is 2.50. The Morgan fingerprint density at radius 2 is 1.55 bits per heavy atom. The van der Waals surface area contributed by atoms with Crippen LogP contribution in [0.2, 0.25) is 0 Å². The Morgan fingerprint density at radius 1 is 1.05 bits per heavy atom. The molecule has 0 radical (unpaired) electrons. The lowest BCUT2D eigenvalue weighted by molar-refractivity contribution is -0.161. The number of hydrogen-bond acceptors (Lipinski definition) is 6. The van der Waals surface area contributed by atoms with Crippen molar-refractivity contribution in [3.05, 3.63) is 23.0 Å². The molecule has 0 saturated carbocycles. The van der Waals surface area contributed by atoms with Crippen LogP contribution in [0.15, 0.2) is 23.0 Å². The smallest absolute Gasteiger partial charge is 0.266 e. The lowest BCUT2D eigenvalue weighted by Gasteiger charge is -2.32. The van der Waals surface area contributed by atoms with Gasteiger partial charge in [0.25, 0.3) is 11.8 Å². The molecular formula is C14H18N2O4S2. The van der Waals surface area contributed by atoms with Crippen LogP contribution in [0.1, 0.15) is 20.3 Å². The molecular weight excluding hydrogens is 324 g/mol. The Hall–Kier alpha value is -1.54. The molecule has 22 heavy (non-hydrogen) atoms. The van der Waals surface area contributed by atoms with Crippen molar-refractivity contribution in [2.45, 2.75) is 20.3 Å². The summed E-state index contributed by atoms with van der Waals surface area (Å²) in [7, 11) is 0. The third-order valence-corrected chi connectivity index (χ3v) is 4.39. The van der Waals surface area contributed by atoms with Crippen LogP contribution in [-0.2, 0) is 19.2 Å². The summed E-state index contributed by atoms with van der Waals surface area (Å²) in [6.07, 6.45) is 2.85. The van der Waals surface area contributed by atoms with E-state index in [0.717, 1.165) is 10.0 Å². The van der Waals surface area contributed by atoms with Crippen molar-refractivity contribution in [3.8, 4) is 0 Å².